The number of rotatable bonds is 4. The first-order valence-corrected chi connectivity index (χ1v) is 5.88. The van der Waals surface area contributed by atoms with Gasteiger partial charge in [0.25, 0.3) is 0 Å². The van der Waals surface area contributed by atoms with Crippen molar-refractivity contribution in [2.75, 3.05) is 19.0 Å². The van der Waals surface area contributed by atoms with Gasteiger partial charge in [0, 0.05) is 12.2 Å². The second-order valence-electron chi connectivity index (χ2n) is 4.46. The zero-order valence-electron chi connectivity index (χ0n) is 10.2. The SMILES string of the molecule is COc1ccc(NC(=O)NCC2CC2)c(C)c1. The third kappa shape index (κ3) is 3.37. The molecule has 1 aliphatic carbocycles. The van der Waals surface area contributed by atoms with Gasteiger partial charge in [-0.2, -0.15) is 0 Å². The van der Waals surface area contributed by atoms with E-state index in [9.17, 15) is 4.79 Å². The smallest absolute Gasteiger partial charge is 0.319 e. The number of nitrogens with one attached hydrogen (secondary N) is 2. The fourth-order valence-electron chi connectivity index (χ4n) is 1.63. The number of ether oxygens (including phenoxy) is 1. The molecule has 0 atom stereocenters. The Morgan fingerprint density at radius 2 is 2.24 bits per heavy atom. The second-order valence-corrected chi connectivity index (χ2v) is 4.46. The molecular weight excluding hydrogens is 216 g/mol. The number of hydrogen-bond donors (Lipinski definition) is 2. The number of benzene rings is 1. The van der Waals surface area contributed by atoms with E-state index >= 15 is 0 Å². The Hall–Kier alpha value is -1.71. The van der Waals surface area contributed by atoms with Gasteiger partial charge in [-0.05, 0) is 49.4 Å². The molecule has 2 rings (SSSR count). The highest BCUT2D eigenvalue weighted by atomic mass is 16.5. The van der Waals surface area contributed by atoms with Crippen LogP contribution < -0.4 is 15.4 Å². The summed E-state index contributed by atoms with van der Waals surface area (Å²) in [6.45, 7) is 2.72. The van der Waals surface area contributed by atoms with Gasteiger partial charge in [0.2, 0.25) is 0 Å². The minimum Gasteiger partial charge on any atom is -0.497 e. The maximum absolute atomic E-state index is 11.6. The Labute approximate surface area is 101 Å². The largest absolute Gasteiger partial charge is 0.497 e. The maximum atomic E-state index is 11.6. The lowest BCUT2D eigenvalue weighted by Gasteiger charge is -2.10. The summed E-state index contributed by atoms with van der Waals surface area (Å²) in [5.74, 6) is 1.49. The van der Waals surface area contributed by atoms with Gasteiger partial charge in [0.15, 0.2) is 0 Å². The summed E-state index contributed by atoms with van der Waals surface area (Å²) in [5.41, 5.74) is 1.81. The first-order chi connectivity index (χ1) is 8.19. The van der Waals surface area contributed by atoms with Gasteiger partial charge < -0.3 is 15.4 Å². The molecule has 1 fully saturated rings. The minimum absolute atomic E-state index is 0.134. The van der Waals surface area contributed by atoms with E-state index in [0.29, 0.717) is 5.92 Å². The Morgan fingerprint density at radius 1 is 1.47 bits per heavy atom. The third-order valence-corrected chi connectivity index (χ3v) is 2.93. The third-order valence-electron chi connectivity index (χ3n) is 2.93. The number of anilines is 1. The second kappa shape index (κ2) is 5.08. The van der Waals surface area contributed by atoms with E-state index in [4.69, 9.17) is 4.74 Å². The van der Waals surface area contributed by atoms with Gasteiger partial charge in [0.1, 0.15) is 5.75 Å². The van der Waals surface area contributed by atoms with Crippen LogP contribution in [0.25, 0.3) is 0 Å². The van der Waals surface area contributed by atoms with E-state index < -0.39 is 0 Å². The molecule has 0 heterocycles. The Bertz CT molecular complexity index is 414. The van der Waals surface area contributed by atoms with Crippen molar-refractivity contribution < 1.29 is 9.53 Å². The van der Waals surface area contributed by atoms with Crippen LogP contribution in [-0.4, -0.2) is 19.7 Å². The fourth-order valence-corrected chi connectivity index (χ4v) is 1.63. The summed E-state index contributed by atoms with van der Waals surface area (Å²) in [6, 6.07) is 5.45. The number of carbonyl (C=O) groups is 1. The first-order valence-electron chi connectivity index (χ1n) is 5.88. The van der Waals surface area contributed by atoms with Crippen molar-refractivity contribution in [1.29, 1.82) is 0 Å². The van der Waals surface area contributed by atoms with Gasteiger partial charge in [-0.15, -0.1) is 0 Å². The number of carbonyl (C=O) groups excluding carboxylic acids is 1. The molecule has 1 saturated carbocycles. The molecule has 92 valence electrons. The Morgan fingerprint density at radius 3 is 2.82 bits per heavy atom. The molecule has 2 amide bonds. The van der Waals surface area contributed by atoms with E-state index in [-0.39, 0.29) is 6.03 Å². The molecule has 17 heavy (non-hydrogen) atoms. The van der Waals surface area contributed by atoms with Crippen LogP contribution in [0, 0.1) is 12.8 Å². The summed E-state index contributed by atoms with van der Waals surface area (Å²) in [4.78, 5) is 11.6. The number of hydrogen-bond acceptors (Lipinski definition) is 2. The average Bonchev–Trinajstić information content (AvgIpc) is 3.13. The van der Waals surface area contributed by atoms with Crippen LogP contribution in [0.4, 0.5) is 10.5 Å². The highest BCUT2D eigenvalue weighted by molar-refractivity contribution is 5.90. The summed E-state index contributed by atoms with van der Waals surface area (Å²) in [6.07, 6.45) is 2.48. The zero-order chi connectivity index (χ0) is 12.3. The molecule has 1 aromatic carbocycles. The summed E-state index contributed by atoms with van der Waals surface area (Å²) in [7, 11) is 1.63. The van der Waals surface area contributed by atoms with E-state index in [1.807, 2.05) is 25.1 Å². The van der Waals surface area contributed by atoms with Crippen LogP contribution in [0.3, 0.4) is 0 Å². The van der Waals surface area contributed by atoms with Crippen LogP contribution >= 0.6 is 0 Å². The van der Waals surface area contributed by atoms with Crippen LogP contribution in [0.1, 0.15) is 18.4 Å². The van der Waals surface area contributed by atoms with Crippen LogP contribution in [0.15, 0.2) is 18.2 Å². The van der Waals surface area contributed by atoms with Crippen molar-refractivity contribution >= 4 is 11.7 Å². The molecule has 2 N–H and O–H groups in total. The fraction of sp³-hybridized carbons (Fsp3) is 0.462. The van der Waals surface area contributed by atoms with Gasteiger partial charge in [0.05, 0.1) is 7.11 Å². The topological polar surface area (TPSA) is 50.4 Å². The highest BCUT2D eigenvalue weighted by Crippen LogP contribution is 2.27. The molecule has 0 bridgehead atoms. The predicted molar refractivity (Wildman–Crippen MR) is 67.5 cm³/mol. The van der Waals surface area contributed by atoms with E-state index in [1.165, 1.54) is 12.8 Å². The molecule has 4 heteroatoms. The van der Waals surface area contributed by atoms with Crippen molar-refractivity contribution in [2.24, 2.45) is 5.92 Å². The standard InChI is InChI=1S/C13H18N2O2/c1-9-7-11(17-2)5-6-12(9)15-13(16)14-8-10-3-4-10/h5-7,10H,3-4,8H2,1-2H3,(H2,14,15,16). The molecule has 0 unspecified atom stereocenters. The number of amides is 2. The molecule has 0 spiro atoms. The molecule has 4 nitrogen and oxygen atoms in total. The molecule has 0 aliphatic heterocycles. The van der Waals surface area contributed by atoms with E-state index in [2.05, 4.69) is 10.6 Å². The van der Waals surface area contributed by atoms with Gasteiger partial charge >= 0.3 is 6.03 Å². The summed E-state index contributed by atoms with van der Waals surface area (Å²) >= 11 is 0. The zero-order valence-corrected chi connectivity index (χ0v) is 10.2. The summed E-state index contributed by atoms with van der Waals surface area (Å²) < 4.78 is 5.11. The number of aryl methyl sites for hydroxylation is 1. The first kappa shape index (κ1) is 11.8. The normalized spacial score (nSPS) is 14.2. The minimum atomic E-state index is -0.134. The monoisotopic (exact) mass is 234 g/mol. The number of urea groups is 1. The van der Waals surface area contributed by atoms with Crippen LogP contribution in [0.2, 0.25) is 0 Å². The lowest BCUT2D eigenvalue weighted by atomic mass is 10.2. The van der Waals surface area contributed by atoms with E-state index in [0.717, 1.165) is 23.5 Å². The van der Waals surface area contributed by atoms with Crippen molar-refractivity contribution in [3.05, 3.63) is 23.8 Å². The van der Waals surface area contributed by atoms with Crippen LogP contribution in [-0.2, 0) is 0 Å². The van der Waals surface area contributed by atoms with Gasteiger partial charge in [-0.25, -0.2) is 4.79 Å². The quantitative estimate of drug-likeness (QED) is 0.841. The van der Waals surface area contributed by atoms with E-state index in [1.54, 1.807) is 7.11 Å². The Balaban J connectivity index is 1.90. The van der Waals surface area contributed by atoms with Gasteiger partial charge in [-0.3, -0.25) is 0 Å². The lowest BCUT2D eigenvalue weighted by Crippen LogP contribution is -2.30. The van der Waals surface area contributed by atoms with Gasteiger partial charge in [-0.1, -0.05) is 0 Å². The molecular formula is C13H18N2O2. The summed E-state index contributed by atoms with van der Waals surface area (Å²) in [5, 5.41) is 5.71. The van der Waals surface area contributed by atoms with Crippen molar-refractivity contribution in [3.8, 4) is 5.75 Å². The molecule has 0 saturated heterocycles. The molecule has 0 aromatic heterocycles. The number of methoxy groups -OCH3 is 1. The van der Waals surface area contributed by atoms with Crippen LogP contribution in [0.5, 0.6) is 5.75 Å². The maximum Gasteiger partial charge on any atom is 0.319 e. The lowest BCUT2D eigenvalue weighted by molar-refractivity contribution is 0.251. The predicted octanol–water partition coefficient (Wildman–Crippen LogP) is 2.54. The molecule has 1 aromatic rings. The Kier molecular flexibility index (Phi) is 3.52. The van der Waals surface area contributed by atoms with Crippen molar-refractivity contribution in [3.63, 3.8) is 0 Å². The highest BCUT2D eigenvalue weighted by Gasteiger charge is 2.21. The average molecular weight is 234 g/mol. The van der Waals surface area contributed by atoms with Crippen molar-refractivity contribution in [1.82, 2.24) is 5.32 Å². The van der Waals surface area contributed by atoms with Crippen molar-refractivity contribution in [2.45, 2.75) is 19.8 Å². The molecule has 0 radical (unpaired) electrons. The molecule has 1 aliphatic rings.